The van der Waals surface area contributed by atoms with E-state index >= 15 is 4.39 Å². The first-order chi connectivity index (χ1) is 17.6. The third-order valence-electron chi connectivity index (χ3n) is 6.17. The Balaban J connectivity index is 1.69. The van der Waals surface area contributed by atoms with Gasteiger partial charge in [-0.05, 0) is 49.9 Å². The van der Waals surface area contributed by atoms with Crippen molar-refractivity contribution >= 4 is 26.7 Å². The first-order valence-electron chi connectivity index (χ1n) is 12.0. The second-order valence-electron chi connectivity index (χ2n) is 9.16. The maximum absolute atomic E-state index is 15.1. The van der Waals surface area contributed by atoms with Gasteiger partial charge in [0.25, 0.3) is 10.0 Å². The van der Waals surface area contributed by atoms with Crippen LogP contribution in [0.5, 0.6) is 11.6 Å². The van der Waals surface area contributed by atoms with Crippen LogP contribution in [0.1, 0.15) is 43.7 Å². The van der Waals surface area contributed by atoms with Gasteiger partial charge in [0.15, 0.2) is 11.6 Å². The molecule has 0 unspecified atom stereocenters. The van der Waals surface area contributed by atoms with E-state index in [1.165, 1.54) is 37.4 Å². The minimum absolute atomic E-state index is 0.0115. The quantitative estimate of drug-likeness (QED) is 0.255. The molecule has 2 aromatic heterocycles. The van der Waals surface area contributed by atoms with Gasteiger partial charge in [-0.25, -0.2) is 16.8 Å². The number of hydrogen-bond donors (Lipinski definition) is 0. The highest BCUT2D eigenvalue weighted by molar-refractivity contribution is 7.90. The minimum atomic E-state index is -3.99. The van der Waals surface area contributed by atoms with Gasteiger partial charge in [-0.15, -0.1) is 5.10 Å². The number of fused-ring (bicyclic) bond motifs is 1. The molecule has 4 aromatic rings. The SMILES string of the molecule is CC(=O)CC[C@H](C)c1cn(S(=O)(=O)c2ccc(C)cc2)c2cc(F)c(OCCOc3ccn(C)n3)cc12. The number of carbonyl (C=O) groups is 1. The van der Waals surface area contributed by atoms with E-state index in [9.17, 15) is 13.2 Å². The van der Waals surface area contributed by atoms with Gasteiger partial charge < -0.3 is 14.3 Å². The van der Waals surface area contributed by atoms with Crippen molar-refractivity contribution in [1.29, 1.82) is 0 Å². The Kier molecular flexibility index (Phi) is 7.68. The van der Waals surface area contributed by atoms with E-state index in [0.717, 1.165) is 9.54 Å². The molecule has 0 saturated heterocycles. The van der Waals surface area contributed by atoms with Crippen LogP contribution in [0.15, 0.2) is 59.8 Å². The molecule has 0 aliphatic carbocycles. The van der Waals surface area contributed by atoms with E-state index in [1.807, 2.05) is 13.8 Å². The molecular weight excluding hydrogens is 497 g/mol. The molecule has 0 aliphatic heterocycles. The van der Waals surface area contributed by atoms with E-state index < -0.39 is 15.8 Å². The Labute approximate surface area is 215 Å². The number of rotatable bonds is 11. The standard InChI is InChI=1S/C27H30FN3O5S/c1-18-5-9-21(10-6-18)37(33,34)31-17-23(19(2)7-8-20(3)32)22-15-26(24(28)16-25(22)31)35-13-14-36-27-11-12-30(4)29-27/h5-6,9-12,15-17,19H,7-8,13-14H2,1-4H3/t19-/m0/s1. The summed E-state index contributed by atoms with van der Waals surface area (Å²) in [6.45, 7) is 5.53. The normalized spacial score (nSPS) is 12.6. The van der Waals surface area contributed by atoms with Crippen molar-refractivity contribution in [3.63, 3.8) is 0 Å². The van der Waals surface area contributed by atoms with Crippen molar-refractivity contribution in [1.82, 2.24) is 13.8 Å². The number of benzene rings is 2. The molecule has 196 valence electrons. The number of halogens is 1. The molecule has 0 amide bonds. The lowest BCUT2D eigenvalue weighted by Crippen LogP contribution is -2.12. The third-order valence-corrected chi connectivity index (χ3v) is 7.86. The lowest BCUT2D eigenvalue weighted by Gasteiger charge is -2.11. The van der Waals surface area contributed by atoms with E-state index in [4.69, 9.17) is 9.47 Å². The Morgan fingerprint density at radius 1 is 1.11 bits per heavy atom. The zero-order valence-electron chi connectivity index (χ0n) is 21.3. The highest BCUT2D eigenvalue weighted by Crippen LogP contribution is 2.36. The topological polar surface area (TPSA) is 92.4 Å². The summed E-state index contributed by atoms with van der Waals surface area (Å²) >= 11 is 0. The predicted octanol–water partition coefficient (Wildman–Crippen LogP) is 4.99. The summed E-state index contributed by atoms with van der Waals surface area (Å²) in [5.74, 6) is -0.367. The smallest absolute Gasteiger partial charge is 0.268 e. The lowest BCUT2D eigenvalue weighted by atomic mass is 9.95. The van der Waals surface area contributed by atoms with Crippen LogP contribution in [0.25, 0.3) is 10.9 Å². The first-order valence-corrected chi connectivity index (χ1v) is 13.4. The monoisotopic (exact) mass is 527 g/mol. The number of aryl methyl sites for hydroxylation is 2. The Hall–Kier alpha value is -3.66. The van der Waals surface area contributed by atoms with Gasteiger partial charge in [0, 0.05) is 43.4 Å². The Bertz CT molecular complexity index is 1520. The van der Waals surface area contributed by atoms with Crippen LogP contribution in [-0.4, -0.2) is 41.2 Å². The van der Waals surface area contributed by atoms with Crippen LogP contribution < -0.4 is 9.47 Å². The fourth-order valence-corrected chi connectivity index (χ4v) is 5.46. The largest absolute Gasteiger partial charge is 0.487 e. The number of ether oxygens (including phenoxy) is 2. The van der Waals surface area contributed by atoms with E-state index in [-0.39, 0.29) is 41.1 Å². The van der Waals surface area contributed by atoms with Gasteiger partial charge in [-0.1, -0.05) is 24.6 Å². The van der Waals surface area contributed by atoms with Gasteiger partial charge >= 0.3 is 0 Å². The summed E-state index contributed by atoms with van der Waals surface area (Å²) in [5, 5.41) is 4.66. The molecule has 2 heterocycles. The van der Waals surface area contributed by atoms with Crippen molar-refractivity contribution < 1.29 is 27.1 Å². The fraction of sp³-hybridized carbons (Fsp3) is 0.333. The molecule has 4 rings (SSSR count). The van der Waals surface area contributed by atoms with Crippen LogP contribution in [0.2, 0.25) is 0 Å². The molecular formula is C27H30FN3O5S. The Morgan fingerprint density at radius 2 is 1.81 bits per heavy atom. The van der Waals surface area contributed by atoms with Gasteiger partial charge in [-0.3, -0.25) is 4.68 Å². The lowest BCUT2D eigenvalue weighted by molar-refractivity contribution is -0.117. The van der Waals surface area contributed by atoms with Gasteiger partial charge in [0.1, 0.15) is 19.0 Å². The number of Topliss-reactive ketones (excluding diaryl/α,β-unsaturated/α-hetero) is 1. The summed E-state index contributed by atoms with van der Waals surface area (Å²) < 4.78 is 56.1. The van der Waals surface area contributed by atoms with Crippen LogP contribution in [-0.2, 0) is 21.9 Å². The van der Waals surface area contributed by atoms with Crippen LogP contribution in [0.4, 0.5) is 4.39 Å². The van der Waals surface area contributed by atoms with E-state index in [1.54, 1.807) is 36.1 Å². The summed E-state index contributed by atoms with van der Waals surface area (Å²) in [5.41, 5.74) is 1.83. The number of nitrogens with zero attached hydrogens (tertiary/aromatic N) is 3. The molecule has 0 fully saturated rings. The molecule has 0 aliphatic rings. The number of hydrogen-bond acceptors (Lipinski definition) is 6. The van der Waals surface area contributed by atoms with Gasteiger partial charge in [0.05, 0.1) is 10.4 Å². The predicted molar refractivity (Wildman–Crippen MR) is 138 cm³/mol. The van der Waals surface area contributed by atoms with Crippen LogP contribution in [0, 0.1) is 12.7 Å². The first kappa shape index (κ1) is 26.4. The van der Waals surface area contributed by atoms with Crippen molar-refractivity contribution in [3.8, 4) is 11.6 Å². The van der Waals surface area contributed by atoms with Gasteiger partial charge in [-0.2, -0.15) is 0 Å². The van der Waals surface area contributed by atoms with E-state index in [2.05, 4.69) is 5.10 Å². The second kappa shape index (κ2) is 10.8. The minimum Gasteiger partial charge on any atom is -0.487 e. The maximum atomic E-state index is 15.1. The molecule has 0 N–H and O–H groups in total. The molecule has 10 heteroatoms. The molecule has 0 saturated carbocycles. The molecule has 0 spiro atoms. The fourth-order valence-electron chi connectivity index (χ4n) is 4.09. The van der Waals surface area contributed by atoms with Gasteiger partial charge in [0.2, 0.25) is 5.88 Å². The number of ketones is 1. The molecule has 1 atom stereocenters. The molecule has 8 nitrogen and oxygen atoms in total. The third kappa shape index (κ3) is 5.85. The van der Waals surface area contributed by atoms with E-state index in [0.29, 0.717) is 29.7 Å². The molecule has 0 bridgehead atoms. The molecule has 0 radical (unpaired) electrons. The van der Waals surface area contributed by atoms with Crippen LogP contribution in [0.3, 0.4) is 0 Å². The summed E-state index contributed by atoms with van der Waals surface area (Å²) in [6.07, 6.45) is 4.16. The van der Waals surface area contributed by atoms with Crippen molar-refractivity contribution in [3.05, 3.63) is 71.8 Å². The zero-order valence-corrected chi connectivity index (χ0v) is 22.1. The number of aromatic nitrogens is 3. The average Bonchev–Trinajstić information content (AvgIpc) is 3.44. The summed E-state index contributed by atoms with van der Waals surface area (Å²) in [7, 11) is -2.22. The van der Waals surface area contributed by atoms with Crippen molar-refractivity contribution in [2.24, 2.45) is 7.05 Å². The average molecular weight is 528 g/mol. The maximum Gasteiger partial charge on any atom is 0.268 e. The van der Waals surface area contributed by atoms with Crippen molar-refractivity contribution in [2.45, 2.75) is 44.4 Å². The Morgan fingerprint density at radius 3 is 2.46 bits per heavy atom. The number of carbonyl (C=O) groups excluding carboxylic acids is 1. The van der Waals surface area contributed by atoms with Crippen LogP contribution >= 0.6 is 0 Å². The zero-order chi connectivity index (χ0) is 26.7. The summed E-state index contributed by atoms with van der Waals surface area (Å²) in [6, 6.07) is 10.9. The highest BCUT2D eigenvalue weighted by Gasteiger charge is 2.25. The second-order valence-corrected chi connectivity index (χ2v) is 11.0. The van der Waals surface area contributed by atoms with Crippen molar-refractivity contribution in [2.75, 3.05) is 13.2 Å². The molecule has 2 aromatic carbocycles. The summed E-state index contributed by atoms with van der Waals surface area (Å²) in [4.78, 5) is 11.7. The molecule has 37 heavy (non-hydrogen) atoms. The highest BCUT2D eigenvalue weighted by atomic mass is 32.2.